The monoisotopic (exact) mass is 302 g/mol. The van der Waals surface area contributed by atoms with Crippen LogP contribution in [0.5, 0.6) is 0 Å². The Labute approximate surface area is 132 Å². The maximum Gasteiger partial charge on any atom is 0.247 e. The van der Waals surface area contributed by atoms with Crippen molar-refractivity contribution >= 4 is 17.5 Å². The summed E-state index contributed by atoms with van der Waals surface area (Å²) in [6.45, 7) is 5.72. The molecule has 0 aromatic heterocycles. The number of rotatable bonds is 5. The fraction of sp³-hybridized carbons (Fsp3) is 0.556. The van der Waals surface area contributed by atoms with Crippen molar-refractivity contribution < 1.29 is 9.59 Å². The number of anilines is 1. The molecular formula is C18H26N2O2. The Balaban J connectivity index is 2.09. The Morgan fingerprint density at radius 2 is 1.86 bits per heavy atom. The van der Waals surface area contributed by atoms with Gasteiger partial charge in [0.2, 0.25) is 11.8 Å². The molecule has 120 valence electrons. The fourth-order valence-electron chi connectivity index (χ4n) is 3.10. The van der Waals surface area contributed by atoms with Crippen molar-refractivity contribution in [1.82, 2.24) is 5.32 Å². The molecule has 1 unspecified atom stereocenters. The van der Waals surface area contributed by atoms with E-state index in [2.05, 4.69) is 30.5 Å². The highest BCUT2D eigenvalue weighted by atomic mass is 16.2. The highest BCUT2D eigenvalue weighted by Crippen LogP contribution is 2.28. The summed E-state index contributed by atoms with van der Waals surface area (Å²) in [7, 11) is 0. The van der Waals surface area contributed by atoms with Crippen molar-refractivity contribution in [2.45, 2.75) is 58.4 Å². The Morgan fingerprint density at radius 1 is 1.18 bits per heavy atom. The molecule has 4 nitrogen and oxygen atoms in total. The molecule has 1 aromatic rings. The van der Waals surface area contributed by atoms with Gasteiger partial charge in [-0.2, -0.15) is 0 Å². The zero-order valence-corrected chi connectivity index (χ0v) is 13.7. The maximum absolute atomic E-state index is 12.6. The third-order valence-corrected chi connectivity index (χ3v) is 4.33. The topological polar surface area (TPSA) is 58.2 Å². The molecule has 0 heterocycles. The lowest BCUT2D eigenvalue weighted by Crippen LogP contribution is -2.47. The van der Waals surface area contributed by atoms with Crippen molar-refractivity contribution in [3.05, 3.63) is 29.8 Å². The van der Waals surface area contributed by atoms with Crippen LogP contribution in [-0.2, 0) is 9.59 Å². The fourth-order valence-corrected chi connectivity index (χ4v) is 3.10. The molecule has 1 aromatic carbocycles. The molecule has 1 aliphatic rings. The van der Waals surface area contributed by atoms with Crippen molar-refractivity contribution in [2.75, 3.05) is 5.32 Å². The number of carbonyl (C=O) groups excluding carboxylic acids is 2. The summed E-state index contributed by atoms with van der Waals surface area (Å²) in [5, 5.41) is 5.79. The van der Waals surface area contributed by atoms with Gasteiger partial charge in [0.1, 0.15) is 6.04 Å². The zero-order valence-electron chi connectivity index (χ0n) is 13.7. The van der Waals surface area contributed by atoms with Gasteiger partial charge in [0.15, 0.2) is 0 Å². The summed E-state index contributed by atoms with van der Waals surface area (Å²) in [4.78, 5) is 24.0. The van der Waals surface area contributed by atoms with Gasteiger partial charge in [-0.3, -0.25) is 9.59 Å². The molecule has 0 radical (unpaired) electrons. The first kappa shape index (κ1) is 16.5. The molecule has 4 heteroatoms. The van der Waals surface area contributed by atoms with Crippen LogP contribution in [0.2, 0.25) is 0 Å². The van der Waals surface area contributed by atoms with Gasteiger partial charge in [-0.15, -0.1) is 0 Å². The molecule has 1 saturated carbocycles. The average molecular weight is 302 g/mol. The lowest BCUT2D eigenvalue weighted by molar-refractivity contribution is -0.126. The Bertz CT molecular complexity index is 534. The van der Waals surface area contributed by atoms with Crippen LogP contribution in [0.4, 0.5) is 5.69 Å². The molecule has 0 aliphatic heterocycles. The van der Waals surface area contributed by atoms with Crippen molar-refractivity contribution in [3.63, 3.8) is 0 Å². The quantitative estimate of drug-likeness (QED) is 0.875. The Hall–Kier alpha value is -1.84. The van der Waals surface area contributed by atoms with E-state index in [1.807, 2.05) is 18.2 Å². The first-order valence-electron chi connectivity index (χ1n) is 8.15. The van der Waals surface area contributed by atoms with E-state index in [0.29, 0.717) is 5.92 Å². The molecule has 2 rings (SSSR count). The summed E-state index contributed by atoms with van der Waals surface area (Å²) in [6, 6.07) is 7.48. The number of carbonyl (C=O) groups is 2. The molecule has 2 N–H and O–H groups in total. The molecule has 0 saturated heterocycles. The van der Waals surface area contributed by atoms with Crippen LogP contribution in [0.15, 0.2) is 24.3 Å². The predicted molar refractivity (Wildman–Crippen MR) is 88.7 cm³/mol. The van der Waals surface area contributed by atoms with E-state index in [1.54, 1.807) is 0 Å². The van der Waals surface area contributed by atoms with Crippen LogP contribution in [0.1, 0.15) is 57.9 Å². The highest BCUT2D eigenvalue weighted by Gasteiger charge is 2.31. The summed E-state index contributed by atoms with van der Waals surface area (Å²) in [6.07, 6.45) is 4.28. The Morgan fingerprint density at radius 3 is 2.45 bits per heavy atom. The van der Waals surface area contributed by atoms with Crippen LogP contribution in [0.25, 0.3) is 0 Å². The van der Waals surface area contributed by atoms with Gasteiger partial charge >= 0.3 is 0 Å². The standard InChI is InChI=1S/C18H26N2O2/c1-12(2)15-9-6-10-16(11-15)20-18(22)17(19-13(3)21)14-7-4-5-8-14/h6,9-12,14,17H,4-5,7-8H2,1-3H3,(H,19,21)(H,20,22). The minimum absolute atomic E-state index is 0.108. The molecule has 22 heavy (non-hydrogen) atoms. The van der Waals surface area contributed by atoms with Crippen molar-refractivity contribution in [2.24, 2.45) is 5.92 Å². The van der Waals surface area contributed by atoms with Crippen molar-refractivity contribution in [3.8, 4) is 0 Å². The first-order valence-corrected chi connectivity index (χ1v) is 8.15. The van der Waals surface area contributed by atoms with Gasteiger partial charge in [0.25, 0.3) is 0 Å². The number of benzene rings is 1. The van der Waals surface area contributed by atoms with Gasteiger partial charge in [0.05, 0.1) is 0 Å². The largest absolute Gasteiger partial charge is 0.344 e. The highest BCUT2D eigenvalue weighted by molar-refractivity contribution is 5.97. The van der Waals surface area contributed by atoms with E-state index in [-0.39, 0.29) is 17.7 Å². The summed E-state index contributed by atoms with van der Waals surface area (Å²) in [5.41, 5.74) is 1.99. The molecule has 0 spiro atoms. The number of nitrogens with one attached hydrogen (secondary N) is 2. The SMILES string of the molecule is CC(=O)NC(C(=O)Nc1cccc(C(C)C)c1)C1CCCC1. The van der Waals surface area contributed by atoms with E-state index < -0.39 is 6.04 Å². The smallest absolute Gasteiger partial charge is 0.247 e. The van der Waals surface area contributed by atoms with Crippen molar-refractivity contribution in [1.29, 1.82) is 0 Å². The summed E-state index contributed by atoms with van der Waals surface area (Å²) in [5.74, 6) is 0.404. The van der Waals surface area contributed by atoms with Gasteiger partial charge < -0.3 is 10.6 Å². The maximum atomic E-state index is 12.6. The molecule has 2 amide bonds. The van der Waals surface area contributed by atoms with E-state index >= 15 is 0 Å². The predicted octanol–water partition coefficient (Wildman–Crippen LogP) is 3.44. The number of hydrogen-bond acceptors (Lipinski definition) is 2. The van der Waals surface area contributed by atoms with Gasteiger partial charge in [-0.05, 0) is 42.4 Å². The van der Waals surface area contributed by atoms with Gasteiger partial charge in [-0.1, -0.05) is 38.8 Å². The van der Waals surface area contributed by atoms with Gasteiger partial charge in [0, 0.05) is 12.6 Å². The summed E-state index contributed by atoms with van der Waals surface area (Å²) < 4.78 is 0. The van der Waals surface area contributed by atoms with Crippen LogP contribution in [0.3, 0.4) is 0 Å². The summed E-state index contributed by atoms with van der Waals surface area (Å²) >= 11 is 0. The van der Waals surface area contributed by atoms with E-state index in [1.165, 1.54) is 12.5 Å². The second-order valence-electron chi connectivity index (χ2n) is 6.49. The van der Waals surface area contributed by atoms with E-state index in [9.17, 15) is 9.59 Å². The van der Waals surface area contributed by atoms with E-state index in [0.717, 1.165) is 31.4 Å². The zero-order chi connectivity index (χ0) is 16.1. The van der Waals surface area contributed by atoms with Crippen LogP contribution in [-0.4, -0.2) is 17.9 Å². The van der Waals surface area contributed by atoms with Crippen LogP contribution >= 0.6 is 0 Å². The van der Waals surface area contributed by atoms with Crippen LogP contribution in [0, 0.1) is 5.92 Å². The van der Waals surface area contributed by atoms with Gasteiger partial charge in [-0.25, -0.2) is 0 Å². The minimum Gasteiger partial charge on any atom is -0.344 e. The lowest BCUT2D eigenvalue weighted by Gasteiger charge is -2.23. The second kappa shape index (κ2) is 7.43. The number of hydrogen-bond donors (Lipinski definition) is 2. The minimum atomic E-state index is -0.428. The van der Waals surface area contributed by atoms with E-state index in [4.69, 9.17) is 0 Å². The Kier molecular flexibility index (Phi) is 5.58. The number of amides is 2. The normalized spacial score (nSPS) is 16.5. The molecule has 1 atom stereocenters. The molecule has 1 fully saturated rings. The lowest BCUT2D eigenvalue weighted by atomic mass is 9.97. The first-order chi connectivity index (χ1) is 10.5. The average Bonchev–Trinajstić information content (AvgIpc) is 2.98. The molecule has 1 aliphatic carbocycles. The molecule has 0 bridgehead atoms. The van der Waals surface area contributed by atoms with Crippen LogP contribution < -0.4 is 10.6 Å². The second-order valence-corrected chi connectivity index (χ2v) is 6.49. The third kappa shape index (κ3) is 4.33. The molecular weight excluding hydrogens is 276 g/mol. The third-order valence-electron chi connectivity index (χ3n) is 4.33.